The Bertz CT molecular complexity index is 403. The lowest BCUT2D eigenvalue weighted by atomic mass is 9.91. The first-order valence-corrected chi connectivity index (χ1v) is 6.43. The average Bonchev–Trinajstić information content (AvgIpc) is 2.38. The molecule has 0 radical (unpaired) electrons. The van der Waals surface area contributed by atoms with Gasteiger partial charge >= 0.3 is 0 Å². The maximum Gasteiger partial charge on any atom is 0.167 e. The van der Waals surface area contributed by atoms with Crippen molar-refractivity contribution in [3.05, 3.63) is 24.0 Å². The van der Waals surface area contributed by atoms with Gasteiger partial charge in [-0.25, -0.2) is 4.39 Å². The summed E-state index contributed by atoms with van der Waals surface area (Å²) in [5.41, 5.74) is 6.80. The lowest BCUT2D eigenvalue weighted by Gasteiger charge is -2.35. The lowest BCUT2D eigenvalue weighted by molar-refractivity contribution is 0.380. The van der Waals surface area contributed by atoms with Crippen molar-refractivity contribution in [2.75, 3.05) is 19.1 Å². The Kier molecular flexibility index (Phi) is 4.07. The number of halogens is 1. The summed E-state index contributed by atoms with van der Waals surface area (Å²) in [4.78, 5) is 2.15. The molecular weight excluding hydrogens is 231 g/mol. The van der Waals surface area contributed by atoms with Crippen molar-refractivity contribution in [2.45, 2.75) is 37.8 Å². The van der Waals surface area contributed by atoms with Crippen molar-refractivity contribution in [1.29, 1.82) is 0 Å². The van der Waals surface area contributed by atoms with Crippen molar-refractivity contribution in [3.8, 4) is 5.75 Å². The molecule has 0 atom stereocenters. The second-order valence-corrected chi connectivity index (χ2v) is 5.00. The van der Waals surface area contributed by atoms with Gasteiger partial charge in [0.05, 0.1) is 7.11 Å². The SMILES string of the molecule is COc1ccc(N(C)C2CCC(N)CC2)cc1F. The average molecular weight is 252 g/mol. The van der Waals surface area contributed by atoms with Crippen LogP contribution in [0.4, 0.5) is 10.1 Å². The van der Waals surface area contributed by atoms with Gasteiger partial charge < -0.3 is 15.4 Å². The first kappa shape index (κ1) is 13.1. The monoisotopic (exact) mass is 252 g/mol. The normalized spacial score (nSPS) is 23.8. The van der Waals surface area contributed by atoms with Crippen LogP contribution in [0.5, 0.6) is 5.75 Å². The highest BCUT2D eigenvalue weighted by molar-refractivity contribution is 5.50. The number of benzene rings is 1. The minimum absolute atomic E-state index is 0.290. The second kappa shape index (κ2) is 5.57. The van der Waals surface area contributed by atoms with E-state index in [4.69, 9.17) is 10.5 Å². The summed E-state index contributed by atoms with van der Waals surface area (Å²) in [6.45, 7) is 0. The van der Waals surface area contributed by atoms with E-state index in [9.17, 15) is 4.39 Å². The predicted octanol–water partition coefficient (Wildman–Crippen LogP) is 2.54. The third-order valence-electron chi connectivity index (χ3n) is 3.83. The summed E-state index contributed by atoms with van der Waals surface area (Å²) in [6, 6.07) is 5.90. The van der Waals surface area contributed by atoms with Crippen molar-refractivity contribution >= 4 is 5.69 Å². The predicted molar refractivity (Wildman–Crippen MR) is 71.6 cm³/mol. The molecule has 1 aliphatic carbocycles. The zero-order valence-electron chi connectivity index (χ0n) is 11.0. The minimum atomic E-state index is -0.311. The Morgan fingerprint density at radius 1 is 1.28 bits per heavy atom. The van der Waals surface area contributed by atoms with Gasteiger partial charge in [0.15, 0.2) is 11.6 Å². The summed E-state index contributed by atoms with van der Waals surface area (Å²) < 4.78 is 18.6. The third-order valence-corrected chi connectivity index (χ3v) is 3.83. The molecule has 0 heterocycles. The van der Waals surface area contributed by atoms with E-state index in [0.29, 0.717) is 12.1 Å². The molecule has 100 valence electrons. The molecule has 2 N–H and O–H groups in total. The number of methoxy groups -OCH3 is 1. The van der Waals surface area contributed by atoms with Crippen molar-refractivity contribution < 1.29 is 9.13 Å². The molecule has 0 unspecified atom stereocenters. The molecule has 0 amide bonds. The number of anilines is 1. The van der Waals surface area contributed by atoms with Crippen molar-refractivity contribution in [2.24, 2.45) is 5.73 Å². The van der Waals surface area contributed by atoms with Gasteiger partial charge in [0.25, 0.3) is 0 Å². The fourth-order valence-electron chi connectivity index (χ4n) is 2.57. The highest BCUT2D eigenvalue weighted by Gasteiger charge is 2.22. The standard InChI is InChI=1S/C14H21FN2O/c1-17(11-5-3-10(16)4-6-11)12-7-8-14(18-2)13(15)9-12/h7-11H,3-6,16H2,1-2H3. The molecule has 2 rings (SSSR count). The van der Waals surface area contributed by atoms with Gasteiger partial charge in [-0.3, -0.25) is 0 Å². The number of hydrogen-bond acceptors (Lipinski definition) is 3. The van der Waals surface area contributed by atoms with Crippen LogP contribution >= 0.6 is 0 Å². The van der Waals surface area contributed by atoms with Crippen LogP contribution in [0, 0.1) is 5.82 Å². The Morgan fingerprint density at radius 3 is 2.50 bits per heavy atom. The fourth-order valence-corrected chi connectivity index (χ4v) is 2.57. The van der Waals surface area contributed by atoms with E-state index < -0.39 is 0 Å². The first-order chi connectivity index (χ1) is 8.61. The Hall–Kier alpha value is -1.29. The van der Waals surface area contributed by atoms with Gasteiger partial charge in [-0.15, -0.1) is 0 Å². The Labute approximate surface area is 108 Å². The molecule has 1 aromatic carbocycles. The zero-order valence-corrected chi connectivity index (χ0v) is 11.0. The van der Waals surface area contributed by atoms with Crippen LogP contribution in [0.3, 0.4) is 0 Å². The number of nitrogens with two attached hydrogens (primary N) is 1. The second-order valence-electron chi connectivity index (χ2n) is 5.00. The maximum atomic E-state index is 13.7. The van der Waals surface area contributed by atoms with Gasteiger partial charge in [-0.1, -0.05) is 0 Å². The van der Waals surface area contributed by atoms with E-state index >= 15 is 0 Å². The molecule has 1 fully saturated rings. The van der Waals surface area contributed by atoms with E-state index in [1.807, 2.05) is 13.1 Å². The van der Waals surface area contributed by atoms with Gasteiger partial charge in [0.1, 0.15) is 0 Å². The molecule has 0 spiro atoms. The molecule has 1 aliphatic rings. The quantitative estimate of drug-likeness (QED) is 0.898. The molecule has 1 saturated carbocycles. The largest absolute Gasteiger partial charge is 0.494 e. The molecule has 0 bridgehead atoms. The van der Waals surface area contributed by atoms with Gasteiger partial charge in [0.2, 0.25) is 0 Å². The molecule has 1 aromatic rings. The van der Waals surface area contributed by atoms with Crippen LogP contribution in [0.15, 0.2) is 18.2 Å². The van der Waals surface area contributed by atoms with Crippen LogP contribution in [-0.2, 0) is 0 Å². The number of nitrogens with zero attached hydrogens (tertiary/aromatic N) is 1. The summed E-state index contributed by atoms with van der Waals surface area (Å²) in [7, 11) is 3.49. The van der Waals surface area contributed by atoms with E-state index in [1.165, 1.54) is 13.2 Å². The molecular formula is C14H21FN2O. The molecule has 4 heteroatoms. The smallest absolute Gasteiger partial charge is 0.167 e. The van der Waals surface area contributed by atoms with Crippen LogP contribution in [0.25, 0.3) is 0 Å². The van der Waals surface area contributed by atoms with E-state index in [1.54, 1.807) is 6.07 Å². The van der Waals surface area contributed by atoms with Gasteiger partial charge in [0, 0.05) is 30.9 Å². The Morgan fingerprint density at radius 2 is 1.94 bits per heavy atom. The first-order valence-electron chi connectivity index (χ1n) is 6.43. The molecule has 3 nitrogen and oxygen atoms in total. The molecule has 0 saturated heterocycles. The number of ether oxygens (including phenoxy) is 1. The lowest BCUT2D eigenvalue weighted by Crippen LogP contribution is -2.38. The number of rotatable bonds is 3. The molecule has 0 aliphatic heterocycles. The maximum absolute atomic E-state index is 13.7. The highest BCUT2D eigenvalue weighted by atomic mass is 19.1. The minimum Gasteiger partial charge on any atom is -0.494 e. The van der Waals surface area contributed by atoms with E-state index in [2.05, 4.69) is 4.90 Å². The molecule has 0 aromatic heterocycles. The van der Waals surface area contributed by atoms with Crippen molar-refractivity contribution in [3.63, 3.8) is 0 Å². The third kappa shape index (κ3) is 2.75. The van der Waals surface area contributed by atoms with Crippen LogP contribution in [-0.4, -0.2) is 26.2 Å². The van der Waals surface area contributed by atoms with Gasteiger partial charge in [-0.2, -0.15) is 0 Å². The van der Waals surface area contributed by atoms with E-state index in [-0.39, 0.29) is 11.6 Å². The zero-order chi connectivity index (χ0) is 13.1. The van der Waals surface area contributed by atoms with Crippen LogP contribution < -0.4 is 15.4 Å². The number of hydrogen-bond donors (Lipinski definition) is 1. The topological polar surface area (TPSA) is 38.5 Å². The van der Waals surface area contributed by atoms with Crippen LogP contribution in [0.2, 0.25) is 0 Å². The summed E-state index contributed by atoms with van der Waals surface area (Å²) in [5.74, 6) is -0.0211. The van der Waals surface area contributed by atoms with Gasteiger partial charge in [-0.05, 0) is 37.8 Å². The molecule has 18 heavy (non-hydrogen) atoms. The Balaban J connectivity index is 2.08. The summed E-state index contributed by atoms with van der Waals surface area (Å²) in [6.07, 6.45) is 4.25. The van der Waals surface area contributed by atoms with Crippen LogP contribution in [0.1, 0.15) is 25.7 Å². The fraction of sp³-hybridized carbons (Fsp3) is 0.571. The highest BCUT2D eigenvalue weighted by Crippen LogP contribution is 2.28. The van der Waals surface area contributed by atoms with Crippen molar-refractivity contribution in [1.82, 2.24) is 0 Å². The van der Waals surface area contributed by atoms with E-state index in [0.717, 1.165) is 31.4 Å². The summed E-state index contributed by atoms with van der Waals surface area (Å²) >= 11 is 0. The summed E-state index contributed by atoms with van der Waals surface area (Å²) in [5, 5.41) is 0.